The van der Waals surface area contributed by atoms with Crippen LogP contribution in [0.15, 0.2) is 9.98 Å². The van der Waals surface area contributed by atoms with Gasteiger partial charge in [0.25, 0.3) is 5.84 Å². The number of nitrogens with zero attached hydrogens (tertiary/aromatic N) is 2. The Bertz CT molecular complexity index is 731. The van der Waals surface area contributed by atoms with Crippen molar-refractivity contribution in [3.05, 3.63) is 0 Å². The van der Waals surface area contributed by atoms with Crippen molar-refractivity contribution in [3.8, 4) is 0 Å². The largest absolute Gasteiger partial charge is 0.481 e. The molecule has 154 valence electrons. The number of rotatable bonds is 4. The lowest BCUT2D eigenvalue weighted by Gasteiger charge is -2.36. The van der Waals surface area contributed by atoms with Crippen molar-refractivity contribution in [2.75, 3.05) is 26.0 Å². The van der Waals surface area contributed by atoms with Gasteiger partial charge in [0.1, 0.15) is 5.92 Å². The van der Waals surface area contributed by atoms with Crippen molar-refractivity contribution < 1.29 is 30.5 Å². The molecule has 0 bridgehead atoms. The second kappa shape index (κ2) is 9.04. The maximum atomic E-state index is 12.0. The van der Waals surface area contributed by atoms with E-state index < -0.39 is 5.97 Å². The highest BCUT2D eigenvalue weighted by atomic mass is 32.2. The number of aliphatic carboxylic acids is 1. The van der Waals surface area contributed by atoms with Crippen molar-refractivity contribution in [2.45, 2.75) is 44.2 Å². The van der Waals surface area contributed by atoms with Crippen LogP contribution in [-0.2, 0) is 19.1 Å². The highest BCUT2D eigenvalue weighted by Gasteiger charge is 2.41. The van der Waals surface area contributed by atoms with E-state index in [9.17, 15) is 14.4 Å². The summed E-state index contributed by atoms with van der Waals surface area (Å²) in [7, 11) is 1.38. The normalized spacial score (nSPS) is 32.9. The van der Waals surface area contributed by atoms with E-state index in [0.29, 0.717) is 36.7 Å². The number of thioether (sulfide) groups is 1. The number of likely N-dealkylation sites (tertiary alicyclic amines) is 1. The van der Waals surface area contributed by atoms with Crippen LogP contribution in [0, 0.1) is 11.8 Å². The van der Waals surface area contributed by atoms with Gasteiger partial charge in [0, 0.05) is 5.92 Å². The van der Waals surface area contributed by atoms with E-state index in [4.69, 9.17) is 21.2 Å². The molecular formula is C18H27N4O5S+. The highest BCUT2D eigenvalue weighted by molar-refractivity contribution is 8.16. The lowest BCUT2D eigenvalue weighted by molar-refractivity contribution is -0.812. The van der Waals surface area contributed by atoms with E-state index in [0.717, 1.165) is 36.0 Å². The van der Waals surface area contributed by atoms with E-state index in [1.807, 2.05) is 5.73 Å². The van der Waals surface area contributed by atoms with Gasteiger partial charge in [0.2, 0.25) is 5.91 Å². The monoisotopic (exact) mass is 412 g/mol. The van der Waals surface area contributed by atoms with Gasteiger partial charge < -0.3 is 15.6 Å². The number of carbonyl (C=O) groups excluding carboxylic acids is 2. The quantitative estimate of drug-likeness (QED) is 0.512. The summed E-state index contributed by atoms with van der Waals surface area (Å²) in [4.78, 5) is 45.8. The van der Waals surface area contributed by atoms with Crippen LogP contribution in [0.2, 0.25) is 1.41 Å². The molecule has 2 aliphatic heterocycles. The Kier molecular flexibility index (Phi) is 6.26. The summed E-state index contributed by atoms with van der Waals surface area (Å²) in [6.45, 7) is 1.32. The number of fused-ring (bicyclic) bond motifs is 1. The third kappa shape index (κ3) is 4.72. The Morgan fingerprint density at radius 3 is 2.82 bits per heavy atom. The summed E-state index contributed by atoms with van der Waals surface area (Å²) < 4.78 is 12.0. The fourth-order valence-corrected chi connectivity index (χ4v) is 5.02. The van der Waals surface area contributed by atoms with E-state index in [-0.39, 0.29) is 41.5 Å². The summed E-state index contributed by atoms with van der Waals surface area (Å²) in [6, 6.07) is -0.244. The van der Waals surface area contributed by atoms with E-state index in [2.05, 4.69) is 0 Å². The minimum absolute atomic E-state index is 0.0783. The predicted molar refractivity (Wildman–Crippen MR) is 105 cm³/mol. The van der Waals surface area contributed by atoms with Crippen molar-refractivity contribution in [2.24, 2.45) is 27.5 Å². The number of carboxylic acid groups (broad SMARTS) is 1. The van der Waals surface area contributed by atoms with Gasteiger partial charge in [-0.2, -0.15) is 0 Å². The second-order valence-electron chi connectivity index (χ2n) is 7.52. The molecule has 2 fully saturated rings. The molecule has 0 aromatic carbocycles. The lowest BCUT2D eigenvalue weighted by atomic mass is 9.82. The fourth-order valence-electron chi connectivity index (χ4n) is 4.22. The summed E-state index contributed by atoms with van der Waals surface area (Å²) >= 11 is 1.16. The number of aliphatic imine (C=N–C) groups is 2. The number of nitrogens with two attached hydrogens (primary N) is 1. The average Bonchev–Trinajstić information content (AvgIpc) is 2.75. The lowest BCUT2D eigenvalue weighted by Crippen LogP contribution is -3.17. The third-order valence-corrected chi connectivity index (χ3v) is 6.62. The number of piperidine rings is 1. The van der Waals surface area contributed by atoms with Crippen molar-refractivity contribution in [3.63, 3.8) is 0 Å². The number of nitrogens with one attached hydrogen (secondary N) is 1. The zero-order chi connectivity index (χ0) is 21.0. The smallest absolute Gasteiger partial charge is 0.314 e. The van der Waals surface area contributed by atoms with E-state index in [1.165, 1.54) is 7.11 Å². The zero-order valence-electron chi connectivity index (χ0n) is 16.8. The van der Waals surface area contributed by atoms with Gasteiger partial charge in [-0.25, -0.2) is 4.99 Å². The molecule has 3 rings (SSSR count). The van der Waals surface area contributed by atoms with Crippen molar-refractivity contribution in [1.82, 2.24) is 0 Å². The third-order valence-electron chi connectivity index (χ3n) is 5.66. The number of amidine groups is 1. The minimum atomic E-state index is -0.920. The number of amides is 1. The van der Waals surface area contributed by atoms with Crippen LogP contribution in [0.25, 0.3) is 0 Å². The molecular weight excluding hydrogens is 384 g/mol. The molecule has 3 aliphatic rings. The van der Waals surface area contributed by atoms with Crippen molar-refractivity contribution >= 4 is 40.5 Å². The van der Waals surface area contributed by atoms with Crippen LogP contribution in [0.4, 0.5) is 0 Å². The number of ether oxygens (including phenoxy) is 1. The molecule has 0 aromatic rings. The zero-order valence-corrected chi connectivity index (χ0v) is 16.7. The predicted octanol–water partition coefficient (Wildman–Crippen LogP) is -0.895. The SMILES string of the molecule is [2H]NC(=O)C1CCC2N=C(SCC(=O)O)C([NH+]3CCCC(C(=O)OC)C3)=NC2C1. The maximum Gasteiger partial charge on any atom is 0.314 e. The van der Waals surface area contributed by atoms with Crippen LogP contribution in [-0.4, -0.2) is 71.9 Å². The van der Waals surface area contributed by atoms with Gasteiger partial charge in [-0.05, 0) is 32.1 Å². The Balaban J connectivity index is 1.82. The average molecular weight is 413 g/mol. The fraction of sp³-hybridized carbons (Fsp3) is 0.722. The second-order valence-corrected chi connectivity index (χ2v) is 8.49. The van der Waals surface area contributed by atoms with Gasteiger partial charge in [0.05, 0.1) is 38.0 Å². The van der Waals surface area contributed by atoms with Crippen LogP contribution >= 0.6 is 11.8 Å². The first-order valence-corrected chi connectivity index (χ1v) is 10.6. The number of quaternary nitrogens is 1. The molecule has 1 saturated carbocycles. The number of esters is 1. The van der Waals surface area contributed by atoms with Crippen LogP contribution in [0.1, 0.15) is 32.1 Å². The number of hydrogen-bond acceptors (Lipinski definition) is 7. The molecule has 5 unspecified atom stereocenters. The Labute approximate surface area is 169 Å². The summed E-state index contributed by atoms with van der Waals surface area (Å²) in [5.41, 5.74) is 1.97. The Morgan fingerprint density at radius 1 is 1.29 bits per heavy atom. The first-order chi connectivity index (χ1) is 13.9. The molecule has 5 atom stereocenters. The van der Waals surface area contributed by atoms with Gasteiger partial charge in [-0.15, -0.1) is 0 Å². The standard InChI is InChI=1S/C18H26N4O5S/c1-27-18(26)11-3-2-6-22(8-11)16-17(28-9-14(23)24)21-12-5-4-10(15(19)25)7-13(12)20-16/h10-13H,2-9H2,1H3,(H2,19,25)(H,23,24)/p+1/i/hD. The van der Waals surface area contributed by atoms with Gasteiger partial charge in [0.15, 0.2) is 6.46 Å². The highest BCUT2D eigenvalue weighted by Crippen LogP contribution is 2.31. The van der Waals surface area contributed by atoms with Gasteiger partial charge >= 0.3 is 11.9 Å². The molecule has 10 heteroatoms. The molecule has 0 radical (unpaired) electrons. The van der Waals surface area contributed by atoms with Crippen LogP contribution < -0.4 is 10.6 Å². The number of carboxylic acids is 1. The molecule has 4 N–H and O–H groups in total. The molecule has 1 amide bonds. The summed E-state index contributed by atoms with van der Waals surface area (Å²) in [6.07, 6.45) is 3.43. The number of methoxy groups -OCH3 is 1. The molecule has 0 aromatic heterocycles. The Hall–Kier alpha value is -1.94. The van der Waals surface area contributed by atoms with Crippen LogP contribution in [0.5, 0.6) is 0 Å². The molecule has 0 spiro atoms. The maximum absolute atomic E-state index is 12.0. The summed E-state index contributed by atoms with van der Waals surface area (Å²) in [5, 5.41) is 9.72. The van der Waals surface area contributed by atoms with Gasteiger partial charge in [-0.1, -0.05) is 11.8 Å². The van der Waals surface area contributed by atoms with Gasteiger partial charge in [-0.3, -0.25) is 24.3 Å². The topological polar surface area (TPSA) is 136 Å². The molecule has 28 heavy (non-hydrogen) atoms. The van der Waals surface area contributed by atoms with E-state index >= 15 is 0 Å². The molecule has 9 nitrogen and oxygen atoms in total. The van der Waals surface area contributed by atoms with E-state index in [1.54, 1.807) is 0 Å². The minimum Gasteiger partial charge on any atom is -0.481 e. The Morgan fingerprint density at radius 2 is 2.11 bits per heavy atom. The number of carbonyl (C=O) groups is 3. The first-order valence-electron chi connectivity index (χ1n) is 10.1. The molecule has 1 aliphatic carbocycles. The summed E-state index contributed by atoms with van der Waals surface area (Å²) in [5.74, 6) is -1.35. The molecule has 2 heterocycles. The van der Waals surface area contributed by atoms with Crippen molar-refractivity contribution in [1.29, 1.82) is 0 Å². The number of primary amides is 1. The number of hydrogen-bond donors (Lipinski definition) is 3. The first kappa shape index (κ1) is 19.4. The molecule has 1 saturated heterocycles. The van der Waals surface area contributed by atoms with Crippen LogP contribution in [0.3, 0.4) is 0 Å².